The maximum absolute atomic E-state index is 12.0. The summed E-state index contributed by atoms with van der Waals surface area (Å²) in [6, 6.07) is 0. The Bertz CT molecular complexity index is 657. The Balaban J connectivity index is 2.19. The van der Waals surface area contributed by atoms with E-state index in [1.807, 2.05) is 0 Å². The van der Waals surface area contributed by atoms with Gasteiger partial charge in [0.2, 0.25) is 0 Å². The summed E-state index contributed by atoms with van der Waals surface area (Å²) >= 11 is 0. The van der Waals surface area contributed by atoms with Crippen LogP contribution < -0.4 is 11.2 Å². The van der Waals surface area contributed by atoms with Crippen LogP contribution >= 0.6 is 0 Å². The average Bonchev–Trinajstić information content (AvgIpc) is 2.88. The number of unbranched alkanes of at least 4 members (excludes halogenated alkanes) is 1. The first kappa shape index (κ1) is 19.1. The SMILES string of the molecule is CCCCC(O[SiH](C)C)[C@H]1O[C@@H](n2cc(C)c(=O)[nH]c2=O)C[C@@H]1O. The number of aromatic amines is 1. The minimum absolute atomic E-state index is 0.156. The summed E-state index contributed by atoms with van der Waals surface area (Å²) in [7, 11) is -1.28. The zero-order chi connectivity index (χ0) is 17.9. The van der Waals surface area contributed by atoms with Crippen molar-refractivity contribution in [2.45, 2.75) is 77.2 Å². The van der Waals surface area contributed by atoms with Crippen LogP contribution in [0, 0.1) is 6.92 Å². The van der Waals surface area contributed by atoms with Crippen molar-refractivity contribution in [3.8, 4) is 0 Å². The fraction of sp³-hybridized carbons (Fsp3) is 0.750. The van der Waals surface area contributed by atoms with Crippen molar-refractivity contribution in [1.82, 2.24) is 9.55 Å². The molecule has 1 saturated heterocycles. The van der Waals surface area contributed by atoms with Gasteiger partial charge in [-0.05, 0) is 26.4 Å². The van der Waals surface area contributed by atoms with Gasteiger partial charge in [0.25, 0.3) is 5.56 Å². The molecule has 1 aromatic heterocycles. The predicted molar refractivity (Wildman–Crippen MR) is 93.9 cm³/mol. The van der Waals surface area contributed by atoms with E-state index >= 15 is 0 Å². The van der Waals surface area contributed by atoms with Gasteiger partial charge in [-0.25, -0.2) is 4.79 Å². The molecule has 0 aliphatic carbocycles. The van der Waals surface area contributed by atoms with Crippen LogP contribution in [0.4, 0.5) is 0 Å². The van der Waals surface area contributed by atoms with Crippen LogP contribution in [0.25, 0.3) is 0 Å². The van der Waals surface area contributed by atoms with Crippen molar-refractivity contribution in [3.63, 3.8) is 0 Å². The van der Waals surface area contributed by atoms with E-state index < -0.39 is 38.7 Å². The zero-order valence-electron chi connectivity index (χ0n) is 14.8. The molecule has 0 aromatic carbocycles. The van der Waals surface area contributed by atoms with Crippen LogP contribution in [-0.2, 0) is 9.16 Å². The van der Waals surface area contributed by atoms with E-state index in [1.54, 1.807) is 6.92 Å². The first-order chi connectivity index (χ1) is 11.3. The van der Waals surface area contributed by atoms with E-state index in [0.29, 0.717) is 12.0 Å². The largest absolute Gasteiger partial charge is 0.415 e. The molecular formula is C16H28N2O5Si. The van der Waals surface area contributed by atoms with Gasteiger partial charge in [-0.1, -0.05) is 19.8 Å². The second kappa shape index (κ2) is 8.24. The molecule has 1 aliphatic rings. The van der Waals surface area contributed by atoms with Gasteiger partial charge in [-0.2, -0.15) is 0 Å². The highest BCUT2D eigenvalue weighted by Crippen LogP contribution is 2.32. The molecule has 0 saturated carbocycles. The molecule has 2 N–H and O–H groups in total. The Labute approximate surface area is 143 Å². The molecule has 1 unspecified atom stereocenters. The summed E-state index contributed by atoms with van der Waals surface area (Å²) in [6.07, 6.45) is 2.78. The summed E-state index contributed by atoms with van der Waals surface area (Å²) in [5.74, 6) is 0. The van der Waals surface area contributed by atoms with Crippen molar-refractivity contribution in [3.05, 3.63) is 32.6 Å². The zero-order valence-corrected chi connectivity index (χ0v) is 16.0. The molecule has 8 heteroatoms. The number of ether oxygens (including phenoxy) is 1. The smallest absolute Gasteiger partial charge is 0.330 e. The Morgan fingerprint density at radius 1 is 1.50 bits per heavy atom. The summed E-state index contributed by atoms with van der Waals surface area (Å²) < 4.78 is 13.4. The highest BCUT2D eigenvalue weighted by atomic mass is 28.3. The molecule has 0 radical (unpaired) electrons. The number of nitrogens with zero attached hydrogens (tertiary/aromatic N) is 1. The molecule has 1 fully saturated rings. The van der Waals surface area contributed by atoms with Crippen LogP contribution in [0.15, 0.2) is 15.8 Å². The molecule has 7 nitrogen and oxygen atoms in total. The van der Waals surface area contributed by atoms with E-state index in [4.69, 9.17) is 9.16 Å². The standard InChI is InChI=1S/C16H28N2O5Si/c1-5-6-7-12(23-24(3)4)14-11(19)8-13(22-14)18-9-10(2)15(20)17-16(18)21/h9,11-14,19,24H,5-8H2,1-4H3,(H,17,20,21)/t11-,12?,13+,14-/m0/s1. The number of aromatic nitrogens is 2. The monoisotopic (exact) mass is 356 g/mol. The third-order valence-electron chi connectivity index (χ3n) is 4.25. The van der Waals surface area contributed by atoms with E-state index in [0.717, 1.165) is 19.3 Å². The summed E-state index contributed by atoms with van der Waals surface area (Å²) in [6.45, 7) is 7.93. The van der Waals surface area contributed by atoms with Crippen molar-refractivity contribution >= 4 is 9.04 Å². The van der Waals surface area contributed by atoms with Gasteiger partial charge in [0, 0.05) is 18.2 Å². The van der Waals surface area contributed by atoms with Gasteiger partial charge < -0.3 is 14.3 Å². The van der Waals surface area contributed by atoms with Crippen LogP contribution in [0.3, 0.4) is 0 Å². The Kier molecular flexibility index (Phi) is 6.56. The lowest BCUT2D eigenvalue weighted by molar-refractivity contribution is -0.0781. The molecule has 2 rings (SSSR count). The first-order valence-electron chi connectivity index (χ1n) is 8.64. The number of aliphatic hydroxyl groups is 1. The molecule has 2 heterocycles. The molecule has 0 amide bonds. The van der Waals surface area contributed by atoms with Crippen molar-refractivity contribution in [2.75, 3.05) is 0 Å². The molecule has 0 bridgehead atoms. The summed E-state index contributed by atoms with van der Waals surface area (Å²) in [5.41, 5.74) is -0.487. The average molecular weight is 356 g/mol. The lowest BCUT2D eigenvalue weighted by Crippen LogP contribution is -2.39. The third kappa shape index (κ3) is 4.44. The normalized spacial score (nSPS) is 25.3. The summed E-state index contributed by atoms with van der Waals surface area (Å²) in [5, 5.41) is 10.4. The van der Waals surface area contributed by atoms with E-state index in [-0.39, 0.29) is 6.10 Å². The molecule has 4 atom stereocenters. The highest BCUT2D eigenvalue weighted by Gasteiger charge is 2.40. The molecular weight excluding hydrogens is 328 g/mol. The highest BCUT2D eigenvalue weighted by molar-refractivity contribution is 6.48. The minimum Gasteiger partial charge on any atom is -0.415 e. The van der Waals surface area contributed by atoms with E-state index in [9.17, 15) is 14.7 Å². The van der Waals surface area contributed by atoms with Gasteiger partial charge in [0.15, 0.2) is 9.04 Å². The summed E-state index contributed by atoms with van der Waals surface area (Å²) in [4.78, 5) is 25.8. The number of H-pyrrole nitrogens is 1. The van der Waals surface area contributed by atoms with Crippen molar-refractivity contribution in [2.24, 2.45) is 0 Å². The number of rotatable bonds is 7. The van der Waals surface area contributed by atoms with E-state index in [1.165, 1.54) is 10.8 Å². The third-order valence-corrected chi connectivity index (χ3v) is 5.14. The van der Waals surface area contributed by atoms with Crippen LogP contribution in [0.2, 0.25) is 13.1 Å². The van der Waals surface area contributed by atoms with E-state index in [2.05, 4.69) is 25.0 Å². The molecule has 136 valence electrons. The number of hydrogen-bond acceptors (Lipinski definition) is 5. The molecule has 0 spiro atoms. The predicted octanol–water partition coefficient (Wildman–Crippen LogP) is 1.05. The fourth-order valence-corrected chi connectivity index (χ4v) is 4.04. The molecule has 24 heavy (non-hydrogen) atoms. The Morgan fingerprint density at radius 3 is 2.83 bits per heavy atom. The van der Waals surface area contributed by atoms with Crippen LogP contribution in [0.5, 0.6) is 0 Å². The Hall–Kier alpha value is -1.22. The first-order valence-corrected chi connectivity index (χ1v) is 11.4. The number of hydrogen-bond donors (Lipinski definition) is 2. The van der Waals surface area contributed by atoms with Gasteiger partial charge in [-0.3, -0.25) is 14.3 Å². The van der Waals surface area contributed by atoms with Gasteiger partial charge in [0.1, 0.15) is 12.3 Å². The second-order valence-corrected chi connectivity index (χ2v) is 9.07. The number of aliphatic hydroxyl groups excluding tert-OH is 1. The minimum atomic E-state index is -1.28. The lowest BCUT2D eigenvalue weighted by Gasteiger charge is -2.28. The van der Waals surface area contributed by atoms with Crippen molar-refractivity contribution < 1.29 is 14.3 Å². The topological polar surface area (TPSA) is 93.5 Å². The van der Waals surface area contributed by atoms with Crippen molar-refractivity contribution in [1.29, 1.82) is 0 Å². The Morgan fingerprint density at radius 2 is 2.21 bits per heavy atom. The second-order valence-electron chi connectivity index (χ2n) is 6.70. The number of aryl methyl sites for hydroxylation is 1. The lowest BCUT2D eigenvalue weighted by atomic mass is 10.0. The van der Waals surface area contributed by atoms with Gasteiger partial charge in [-0.15, -0.1) is 0 Å². The fourth-order valence-electron chi connectivity index (χ4n) is 3.05. The molecule has 1 aliphatic heterocycles. The van der Waals surface area contributed by atoms with Gasteiger partial charge in [0.05, 0.1) is 12.2 Å². The maximum Gasteiger partial charge on any atom is 0.330 e. The van der Waals surface area contributed by atoms with Crippen LogP contribution in [-0.4, -0.2) is 42.0 Å². The quantitative estimate of drug-likeness (QED) is 0.712. The maximum atomic E-state index is 12.0. The number of nitrogens with one attached hydrogen (secondary N) is 1. The van der Waals surface area contributed by atoms with Crippen LogP contribution in [0.1, 0.15) is 44.4 Å². The molecule has 1 aromatic rings. The van der Waals surface area contributed by atoms with Gasteiger partial charge >= 0.3 is 5.69 Å².